The maximum Gasteiger partial charge on any atom is 0.175 e. The average Bonchev–Trinajstić information content (AvgIpc) is 2.80. The van der Waals surface area contributed by atoms with E-state index in [1.165, 1.54) is 0 Å². The van der Waals surface area contributed by atoms with Crippen LogP contribution in [0.1, 0.15) is 17.2 Å². The van der Waals surface area contributed by atoms with Crippen LogP contribution in [-0.2, 0) is 16.3 Å². The van der Waals surface area contributed by atoms with E-state index in [1.807, 2.05) is 24.3 Å². The number of nitrogens with two attached hydrogens (primary N) is 1. The lowest BCUT2D eigenvalue weighted by molar-refractivity contribution is 0.149. The fourth-order valence-corrected chi connectivity index (χ4v) is 5.00. The molecule has 1 heterocycles. The van der Waals surface area contributed by atoms with Crippen molar-refractivity contribution in [3.8, 4) is 16.9 Å². The van der Waals surface area contributed by atoms with Gasteiger partial charge in [-0.05, 0) is 58.7 Å². The Balaban J connectivity index is 1.55. The Kier molecular flexibility index (Phi) is 5.37. The lowest BCUT2D eigenvalue weighted by Gasteiger charge is -2.32. The highest BCUT2D eigenvalue weighted by molar-refractivity contribution is 7.90. The van der Waals surface area contributed by atoms with Crippen LogP contribution in [0.15, 0.2) is 71.6 Å². The van der Waals surface area contributed by atoms with Crippen molar-refractivity contribution in [2.45, 2.75) is 23.5 Å². The zero-order valence-electron chi connectivity index (χ0n) is 18.1. The maximum atomic E-state index is 14.4. The predicted molar refractivity (Wildman–Crippen MR) is 124 cm³/mol. The molecule has 174 valence electrons. The van der Waals surface area contributed by atoms with E-state index in [2.05, 4.69) is 0 Å². The molecule has 0 spiro atoms. The minimum absolute atomic E-state index is 0.128. The second-order valence-corrected chi connectivity index (χ2v) is 10.5. The first-order valence-electron chi connectivity index (χ1n) is 10.5. The molecule has 0 radical (unpaired) electrons. The monoisotopic (exact) mass is 483 g/mol. The Bertz CT molecular complexity index is 1540. The molecule has 4 nitrogen and oxygen atoms in total. The average molecular weight is 484 g/mol. The summed E-state index contributed by atoms with van der Waals surface area (Å²) in [7, 11) is -3.29. The van der Waals surface area contributed by atoms with Gasteiger partial charge in [-0.1, -0.05) is 30.3 Å². The predicted octanol–water partition coefficient (Wildman–Crippen LogP) is 5.33. The van der Waals surface area contributed by atoms with E-state index in [0.29, 0.717) is 18.2 Å². The van der Waals surface area contributed by atoms with Gasteiger partial charge in [0.2, 0.25) is 0 Å². The number of sulfone groups is 1. The van der Waals surface area contributed by atoms with Crippen molar-refractivity contribution in [3.05, 3.63) is 95.3 Å². The van der Waals surface area contributed by atoms with Gasteiger partial charge in [-0.25, -0.2) is 21.6 Å². The van der Waals surface area contributed by atoms with E-state index in [1.54, 1.807) is 30.3 Å². The second kappa shape index (κ2) is 8.14. The Morgan fingerprint density at radius 2 is 1.50 bits per heavy atom. The summed E-state index contributed by atoms with van der Waals surface area (Å²) < 4.78 is 71.0. The summed E-state index contributed by atoms with van der Waals surface area (Å²) in [6.45, 7) is 0. The number of rotatable bonds is 3. The van der Waals surface area contributed by atoms with Crippen molar-refractivity contribution >= 4 is 20.6 Å². The number of halogens is 3. The number of hydrogen-bond acceptors (Lipinski definition) is 4. The fraction of sp³-hybridized carbons (Fsp3) is 0.154. The summed E-state index contributed by atoms with van der Waals surface area (Å²) in [5, 5.41) is 1.84. The maximum absolute atomic E-state index is 14.4. The third-order valence-electron chi connectivity index (χ3n) is 6.13. The molecule has 0 aliphatic carbocycles. The van der Waals surface area contributed by atoms with Gasteiger partial charge in [-0.15, -0.1) is 0 Å². The summed E-state index contributed by atoms with van der Waals surface area (Å²) in [6, 6.07) is 16.7. The van der Waals surface area contributed by atoms with Crippen molar-refractivity contribution in [1.29, 1.82) is 0 Å². The first-order valence-corrected chi connectivity index (χ1v) is 12.4. The molecule has 2 unspecified atom stereocenters. The molecule has 2 atom stereocenters. The molecular formula is C26H20F3NO3S. The van der Waals surface area contributed by atoms with Crippen molar-refractivity contribution in [2.75, 3.05) is 6.26 Å². The molecular weight excluding hydrogens is 463 g/mol. The van der Waals surface area contributed by atoms with Gasteiger partial charge in [0, 0.05) is 23.4 Å². The first kappa shape index (κ1) is 22.4. The van der Waals surface area contributed by atoms with Crippen LogP contribution in [0.25, 0.3) is 21.9 Å². The van der Waals surface area contributed by atoms with Crippen LogP contribution in [0.2, 0.25) is 0 Å². The minimum atomic E-state index is -3.29. The van der Waals surface area contributed by atoms with Crippen LogP contribution in [-0.4, -0.2) is 20.7 Å². The minimum Gasteiger partial charge on any atom is -0.484 e. The molecule has 0 amide bonds. The Morgan fingerprint density at radius 1 is 0.853 bits per heavy atom. The highest BCUT2D eigenvalue weighted by atomic mass is 32.2. The SMILES string of the molecule is CS(=O)(=O)c1ccc(-c2ccc3ccc4c(c3c2)CC(N)C(c2cc(F)c(F)cc2F)O4)cc1. The molecule has 0 saturated carbocycles. The van der Waals surface area contributed by atoms with Crippen LogP contribution >= 0.6 is 0 Å². The highest BCUT2D eigenvalue weighted by Crippen LogP contribution is 2.40. The molecule has 4 aromatic rings. The van der Waals surface area contributed by atoms with Gasteiger partial charge in [-0.2, -0.15) is 0 Å². The highest BCUT2D eigenvalue weighted by Gasteiger charge is 2.32. The van der Waals surface area contributed by atoms with Crippen LogP contribution in [0, 0.1) is 17.5 Å². The second-order valence-electron chi connectivity index (χ2n) is 8.47. The molecule has 8 heteroatoms. The molecule has 1 aliphatic heterocycles. The summed E-state index contributed by atoms with van der Waals surface area (Å²) >= 11 is 0. The zero-order chi connectivity index (χ0) is 24.2. The molecule has 2 N–H and O–H groups in total. The van der Waals surface area contributed by atoms with Gasteiger partial charge in [0.05, 0.1) is 10.9 Å². The summed E-state index contributed by atoms with van der Waals surface area (Å²) in [4.78, 5) is 0.240. The van der Waals surface area contributed by atoms with E-state index in [9.17, 15) is 21.6 Å². The van der Waals surface area contributed by atoms with Gasteiger partial charge >= 0.3 is 0 Å². The smallest absolute Gasteiger partial charge is 0.175 e. The molecule has 0 bridgehead atoms. The largest absolute Gasteiger partial charge is 0.484 e. The van der Waals surface area contributed by atoms with Crippen LogP contribution in [0.3, 0.4) is 0 Å². The normalized spacial score (nSPS) is 17.9. The molecule has 4 aromatic carbocycles. The number of ether oxygens (including phenoxy) is 1. The van der Waals surface area contributed by atoms with Gasteiger partial charge in [0.1, 0.15) is 17.7 Å². The standard InChI is InChI=1S/C26H20F3NO3S/c1-34(31,32)17-7-4-14(5-8-17)16-3-2-15-6-9-25-19(18(15)10-16)12-24(30)26(33-25)20-11-22(28)23(29)13-21(20)27/h2-11,13,24,26H,12,30H2,1H3. The lowest BCUT2D eigenvalue weighted by atomic mass is 9.89. The first-order chi connectivity index (χ1) is 16.1. The van der Waals surface area contributed by atoms with Gasteiger partial charge in [-0.3, -0.25) is 0 Å². The van der Waals surface area contributed by atoms with Gasteiger partial charge in [0.25, 0.3) is 0 Å². The summed E-state index contributed by atoms with van der Waals surface area (Å²) in [5.74, 6) is -2.85. The third-order valence-corrected chi connectivity index (χ3v) is 7.26. The van der Waals surface area contributed by atoms with Crippen molar-refractivity contribution in [1.82, 2.24) is 0 Å². The van der Waals surface area contributed by atoms with Crippen LogP contribution in [0.4, 0.5) is 13.2 Å². The number of benzene rings is 4. The fourth-order valence-electron chi connectivity index (χ4n) is 4.37. The van der Waals surface area contributed by atoms with Crippen LogP contribution in [0.5, 0.6) is 5.75 Å². The molecule has 34 heavy (non-hydrogen) atoms. The lowest BCUT2D eigenvalue weighted by Crippen LogP contribution is -2.38. The summed E-state index contributed by atoms with van der Waals surface area (Å²) in [6.07, 6.45) is 0.533. The quantitative estimate of drug-likeness (QED) is 0.400. The van der Waals surface area contributed by atoms with E-state index >= 15 is 0 Å². The molecule has 0 aromatic heterocycles. The van der Waals surface area contributed by atoms with E-state index < -0.39 is 39.4 Å². The van der Waals surface area contributed by atoms with Gasteiger partial charge < -0.3 is 10.5 Å². The van der Waals surface area contributed by atoms with Gasteiger partial charge in [0.15, 0.2) is 21.5 Å². The topological polar surface area (TPSA) is 69.4 Å². The molecule has 0 saturated heterocycles. The van der Waals surface area contributed by atoms with E-state index in [0.717, 1.165) is 39.8 Å². The Labute approximate surface area is 194 Å². The Hall–Kier alpha value is -3.36. The van der Waals surface area contributed by atoms with E-state index in [-0.39, 0.29) is 10.5 Å². The van der Waals surface area contributed by atoms with Crippen molar-refractivity contribution < 1.29 is 26.3 Å². The van der Waals surface area contributed by atoms with E-state index in [4.69, 9.17) is 10.5 Å². The number of fused-ring (bicyclic) bond motifs is 3. The molecule has 0 fully saturated rings. The Morgan fingerprint density at radius 3 is 2.21 bits per heavy atom. The summed E-state index contributed by atoms with van der Waals surface area (Å²) in [5.41, 5.74) is 8.74. The van der Waals surface area contributed by atoms with Crippen molar-refractivity contribution in [3.63, 3.8) is 0 Å². The van der Waals surface area contributed by atoms with Crippen molar-refractivity contribution in [2.24, 2.45) is 5.73 Å². The molecule has 5 rings (SSSR count). The third kappa shape index (κ3) is 3.93. The van der Waals surface area contributed by atoms with Crippen LogP contribution < -0.4 is 10.5 Å². The number of hydrogen-bond donors (Lipinski definition) is 1. The zero-order valence-corrected chi connectivity index (χ0v) is 18.9. The molecule has 1 aliphatic rings.